The van der Waals surface area contributed by atoms with Crippen LogP contribution in [0.5, 0.6) is 0 Å². The van der Waals surface area contributed by atoms with Gasteiger partial charge in [-0.2, -0.15) is 0 Å². The normalized spacial score (nSPS) is 26.2. The van der Waals surface area contributed by atoms with Gasteiger partial charge in [-0.25, -0.2) is 4.79 Å². The number of rotatable bonds is 2. The Kier molecular flexibility index (Phi) is 4.56. The Hall–Kier alpha value is -0.810. The van der Waals surface area contributed by atoms with Crippen LogP contribution in [0, 0.1) is 0 Å². The summed E-state index contributed by atoms with van der Waals surface area (Å²) >= 11 is 0. The number of ether oxygens (including phenoxy) is 1. The molecule has 1 amide bonds. The number of nitrogens with one attached hydrogen (secondary N) is 2. The minimum atomic E-state index is -0.459. The minimum Gasteiger partial charge on any atom is -0.444 e. The van der Waals surface area contributed by atoms with Gasteiger partial charge in [0.1, 0.15) is 5.60 Å². The number of aliphatic hydroxyl groups is 1. The molecule has 5 heteroatoms. The van der Waals surface area contributed by atoms with Crippen molar-refractivity contribution >= 4 is 6.09 Å². The predicted octanol–water partition coefficient (Wildman–Crippen LogP) is 0.624. The first-order valence-corrected chi connectivity index (χ1v) is 5.74. The molecule has 0 radical (unpaired) electrons. The molecule has 0 aromatic carbocycles. The van der Waals surface area contributed by atoms with Crippen molar-refractivity contribution < 1.29 is 14.6 Å². The molecule has 1 rings (SSSR count). The van der Waals surface area contributed by atoms with Gasteiger partial charge < -0.3 is 20.5 Å². The summed E-state index contributed by atoms with van der Waals surface area (Å²) in [6, 6.07) is 0.259. The molecule has 0 bridgehead atoms. The van der Waals surface area contributed by atoms with Crippen LogP contribution in [0.15, 0.2) is 0 Å². The van der Waals surface area contributed by atoms with Crippen LogP contribution >= 0.6 is 0 Å². The van der Waals surface area contributed by atoms with Crippen LogP contribution < -0.4 is 10.6 Å². The molecule has 0 aromatic heterocycles. The average molecular weight is 230 g/mol. The second-order valence-corrected chi connectivity index (χ2v) is 5.21. The van der Waals surface area contributed by atoms with E-state index in [0.717, 1.165) is 12.8 Å². The molecule has 0 aliphatic carbocycles. The lowest BCUT2D eigenvalue weighted by molar-refractivity contribution is 0.0490. The molecule has 16 heavy (non-hydrogen) atoms. The Morgan fingerprint density at radius 2 is 2.19 bits per heavy atom. The van der Waals surface area contributed by atoms with E-state index >= 15 is 0 Å². The van der Waals surface area contributed by atoms with Gasteiger partial charge in [-0.3, -0.25) is 0 Å². The fourth-order valence-corrected chi connectivity index (χ4v) is 1.67. The van der Waals surface area contributed by atoms with Crippen molar-refractivity contribution in [3.05, 3.63) is 0 Å². The summed E-state index contributed by atoms with van der Waals surface area (Å²) in [5.74, 6) is 0. The van der Waals surface area contributed by atoms with E-state index < -0.39 is 5.60 Å². The van der Waals surface area contributed by atoms with E-state index in [0.29, 0.717) is 6.54 Å². The molecule has 1 aliphatic heterocycles. The van der Waals surface area contributed by atoms with Crippen LogP contribution in [0.4, 0.5) is 4.79 Å². The molecule has 2 atom stereocenters. The monoisotopic (exact) mass is 230 g/mol. The lowest BCUT2D eigenvalue weighted by atomic mass is 10.0. The van der Waals surface area contributed by atoms with E-state index in [2.05, 4.69) is 10.6 Å². The fraction of sp³-hybridized carbons (Fsp3) is 0.909. The van der Waals surface area contributed by atoms with Crippen LogP contribution in [-0.2, 0) is 4.74 Å². The SMILES string of the molecule is CC(C)(C)OC(=O)N[C@@H]1CC[C@@H](CO)NC1. The lowest BCUT2D eigenvalue weighted by Gasteiger charge is -2.30. The van der Waals surface area contributed by atoms with Crippen molar-refractivity contribution in [3.63, 3.8) is 0 Å². The van der Waals surface area contributed by atoms with Crippen LogP contribution in [0.3, 0.4) is 0 Å². The zero-order chi connectivity index (χ0) is 12.2. The summed E-state index contributed by atoms with van der Waals surface area (Å²) in [5.41, 5.74) is -0.459. The van der Waals surface area contributed by atoms with Crippen molar-refractivity contribution in [2.45, 2.75) is 51.3 Å². The fourth-order valence-electron chi connectivity index (χ4n) is 1.67. The van der Waals surface area contributed by atoms with E-state index in [9.17, 15) is 4.79 Å². The second-order valence-electron chi connectivity index (χ2n) is 5.21. The average Bonchev–Trinajstić information content (AvgIpc) is 2.16. The first kappa shape index (κ1) is 13.3. The Bertz CT molecular complexity index is 230. The number of carbonyl (C=O) groups excluding carboxylic acids is 1. The first-order chi connectivity index (χ1) is 7.40. The lowest BCUT2D eigenvalue weighted by Crippen LogP contribution is -2.51. The van der Waals surface area contributed by atoms with Crippen LogP contribution in [0.2, 0.25) is 0 Å². The summed E-state index contributed by atoms with van der Waals surface area (Å²) < 4.78 is 5.17. The number of piperidine rings is 1. The van der Waals surface area contributed by atoms with E-state index in [1.54, 1.807) is 0 Å². The Labute approximate surface area is 96.6 Å². The van der Waals surface area contributed by atoms with Gasteiger partial charge in [0.15, 0.2) is 0 Å². The third-order valence-electron chi connectivity index (χ3n) is 2.46. The van der Waals surface area contributed by atoms with Gasteiger partial charge in [-0.1, -0.05) is 0 Å². The summed E-state index contributed by atoms with van der Waals surface area (Å²) in [7, 11) is 0. The van der Waals surface area contributed by atoms with E-state index in [-0.39, 0.29) is 24.8 Å². The molecule has 1 saturated heterocycles. The highest BCUT2D eigenvalue weighted by molar-refractivity contribution is 5.68. The predicted molar refractivity (Wildman–Crippen MR) is 61.3 cm³/mol. The van der Waals surface area contributed by atoms with Crippen molar-refractivity contribution in [1.82, 2.24) is 10.6 Å². The molecule has 3 N–H and O–H groups in total. The third kappa shape index (κ3) is 4.81. The maximum Gasteiger partial charge on any atom is 0.407 e. The first-order valence-electron chi connectivity index (χ1n) is 5.74. The van der Waals surface area contributed by atoms with Crippen LogP contribution in [-0.4, -0.2) is 42.0 Å². The Balaban J connectivity index is 2.26. The second kappa shape index (κ2) is 5.50. The molecular formula is C11H22N2O3. The van der Waals surface area contributed by atoms with Crippen LogP contribution in [0.1, 0.15) is 33.6 Å². The van der Waals surface area contributed by atoms with Gasteiger partial charge >= 0.3 is 6.09 Å². The largest absolute Gasteiger partial charge is 0.444 e. The summed E-state index contributed by atoms with van der Waals surface area (Å²) in [6.07, 6.45) is 1.37. The van der Waals surface area contributed by atoms with Crippen molar-refractivity contribution in [3.8, 4) is 0 Å². The number of hydrogen-bond acceptors (Lipinski definition) is 4. The van der Waals surface area contributed by atoms with E-state index in [1.807, 2.05) is 20.8 Å². The smallest absolute Gasteiger partial charge is 0.407 e. The molecule has 94 valence electrons. The van der Waals surface area contributed by atoms with Gasteiger partial charge in [0, 0.05) is 18.6 Å². The summed E-state index contributed by atoms with van der Waals surface area (Å²) in [5, 5.41) is 14.9. The number of alkyl carbamates (subject to hydrolysis) is 1. The third-order valence-corrected chi connectivity index (χ3v) is 2.46. The quantitative estimate of drug-likeness (QED) is 0.650. The maximum atomic E-state index is 11.5. The van der Waals surface area contributed by atoms with Gasteiger partial charge in [-0.05, 0) is 33.6 Å². The van der Waals surface area contributed by atoms with Gasteiger partial charge in [0.25, 0.3) is 0 Å². The molecule has 0 spiro atoms. The molecule has 5 nitrogen and oxygen atoms in total. The highest BCUT2D eigenvalue weighted by Crippen LogP contribution is 2.10. The zero-order valence-corrected chi connectivity index (χ0v) is 10.2. The number of aliphatic hydroxyl groups excluding tert-OH is 1. The molecule has 0 aromatic rings. The minimum absolute atomic E-state index is 0.0950. The molecule has 0 saturated carbocycles. The number of amides is 1. The van der Waals surface area contributed by atoms with Crippen molar-refractivity contribution in [2.75, 3.05) is 13.2 Å². The number of hydrogen-bond donors (Lipinski definition) is 3. The molecule has 1 fully saturated rings. The van der Waals surface area contributed by atoms with Gasteiger partial charge in [-0.15, -0.1) is 0 Å². The van der Waals surface area contributed by atoms with Gasteiger partial charge in [0.05, 0.1) is 6.61 Å². The number of carbonyl (C=O) groups is 1. The molecule has 1 aliphatic rings. The van der Waals surface area contributed by atoms with Gasteiger partial charge in [0.2, 0.25) is 0 Å². The zero-order valence-electron chi connectivity index (χ0n) is 10.2. The van der Waals surface area contributed by atoms with Crippen molar-refractivity contribution in [2.24, 2.45) is 0 Å². The highest BCUT2D eigenvalue weighted by Gasteiger charge is 2.23. The molecule has 1 heterocycles. The van der Waals surface area contributed by atoms with E-state index in [4.69, 9.17) is 9.84 Å². The topological polar surface area (TPSA) is 70.6 Å². The maximum absolute atomic E-state index is 11.5. The molecular weight excluding hydrogens is 208 g/mol. The Morgan fingerprint density at radius 3 is 2.62 bits per heavy atom. The molecule has 0 unspecified atom stereocenters. The summed E-state index contributed by atoms with van der Waals surface area (Å²) in [4.78, 5) is 11.5. The van der Waals surface area contributed by atoms with Crippen molar-refractivity contribution in [1.29, 1.82) is 0 Å². The highest BCUT2D eigenvalue weighted by atomic mass is 16.6. The van der Waals surface area contributed by atoms with E-state index in [1.165, 1.54) is 0 Å². The Morgan fingerprint density at radius 1 is 1.50 bits per heavy atom. The summed E-state index contributed by atoms with van der Waals surface area (Å²) in [6.45, 7) is 6.36. The van der Waals surface area contributed by atoms with Crippen LogP contribution in [0.25, 0.3) is 0 Å². The standard InChI is InChI=1S/C11H22N2O3/c1-11(2,3)16-10(15)13-8-4-5-9(7-14)12-6-8/h8-9,12,14H,4-7H2,1-3H3,(H,13,15)/t8-,9+/m1/s1.